The molecule has 0 N–H and O–H groups in total. The molecule has 10 heteroatoms. The Morgan fingerprint density at radius 1 is 1.16 bits per heavy atom. The quantitative estimate of drug-likeness (QED) is 0.551. The number of benzene rings is 2. The number of halogens is 3. The molecule has 2 heterocycles. The average Bonchev–Trinajstić information content (AvgIpc) is 3.18. The molecule has 0 atom stereocenters. The van der Waals surface area contributed by atoms with E-state index in [2.05, 4.69) is 9.88 Å². The fourth-order valence-electron chi connectivity index (χ4n) is 3.23. The van der Waals surface area contributed by atoms with Gasteiger partial charge in [0, 0.05) is 32.2 Å². The Labute approximate surface area is 180 Å². The first-order valence-corrected chi connectivity index (χ1v) is 10.6. The molecule has 1 aliphatic heterocycles. The number of aromatic nitrogens is 1. The van der Waals surface area contributed by atoms with Crippen LogP contribution in [-0.2, 0) is 9.53 Å². The van der Waals surface area contributed by atoms with Gasteiger partial charge in [-0.05, 0) is 18.2 Å². The molecule has 1 aromatic heterocycles. The first-order valence-electron chi connectivity index (χ1n) is 9.74. The van der Waals surface area contributed by atoms with E-state index in [0.29, 0.717) is 24.5 Å². The van der Waals surface area contributed by atoms with Gasteiger partial charge in [-0.2, -0.15) is 0 Å². The monoisotopic (exact) mass is 451 g/mol. The number of amides is 1. The summed E-state index contributed by atoms with van der Waals surface area (Å²) in [5, 5.41) is 0.231. The van der Waals surface area contributed by atoms with E-state index in [1.807, 2.05) is 0 Å². The Balaban J connectivity index is 1.55. The SMILES string of the molecule is O=C(COc1ccccc1F)N(CCN1CCOCC1)c1nc2c(F)cc(F)cc2s1. The molecule has 2 aromatic carbocycles. The van der Waals surface area contributed by atoms with Gasteiger partial charge in [0.25, 0.3) is 5.91 Å². The van der Waals surface area contributed by atoms with Gasteiger partial charge in [0.15, 0.2) is 29.1 Å². The van der Waals surface area contributed by atoms with Crippen LogP contribution in [0.1, 0.15) is 0 Å². The molecule has 6 nitrogen and oxygen atoms in total. The molecule has 1 saturated heterocycles. The van der Waals surface area contributed by atoms with Gasteiger partial charge in [-0.25, -0.2) is 18.2 Å². The van der Waals surface area contributed by atoms with Crippen LogP contribution in [-0.4, -0.2) is 61.8 Å². The zero-order chi connectivity index (χ0) is 21.8. The number of fused-ring (bicyclic) bond motifs is 1. The van der Waals surface area contributed by atoms with E-state index in [1.165, 1.54) is 29.2 Å². The second-order valence-corrected chi connectivity index (χ2v) is 7.96. The maximum absolute atomic E-state index is 14.1. The Bertz CT molecular complexity index is 1070. The van der Waals surface area contributed by atoms with Crippen molar-refractivity contribution in [3.8, 4) is 5.75 Å². The summed E-state index contributed by atoms with van der Waals surface area (Å²) in [4.78, 5) is 20.7. The van der Waals surface area contributed by atoms with E-state index in [0.717, 1.165) is 30.5 Å². The van der Waals surface area contributed by atoms with Crippen LogP contribution >= 0.6 is 11.3 Å². The number of ether oxygens (including phenoxy) is 2. The summed E-state index contributed by atoms with van der Waals surface area (Å²) in [5.74, 6) is -2.58. The highest BCUT2D eigenvalue weighted by Crippen LogP contribution is 2.31. The lowest BCUT2D eigenvalue weighted by molar-refractivity contribution is -0.120. The maximum atomic E-state index is 14.1. The maximum Gasteiger partial charge on any atom is 0.266 e. The summed E-state index contributed by atoms with van der Waals surface area (Å²) in [5.41, 5.74) is 0.000551. The van der Waals surface area contributed by atoms with Crippen LogP contribution in [0, 0.1) is 17.5 Å². The summed E-state index contributed by atoms with van der Waals surface area (Å²) < 4.78 is 52.5. The summed E-state index contributed by atoms with van der Waals surface area (Å²) in [6, 6.07) is 7.72. The number of thiazole rings is 1. The van der Waals surface area contributed by atoms with Crippen molar-refractivity contribution in [2.24, 2.45) is 0 Å². The van der Waals surface area contributed by atoms with Gasteiger partial charge in [-0.15, -0.1) is 0 Å². The molecule has 1 aliphatic rings. The number of para-hydroxylation sites is 1. The molecule has 1 amide bonds. The van der Waals surface area contributed by atoms with E-state index in [1.54, 1.807) is 6.07 Å². The molecule has 3 aromatic rings. The van der Waals surface area contributed by atoms with Crippen LogP contribution in [0.2, 0.25) is 0 Å². The van der Waals surface area contributed by atoms with Gasteiger partial charge in [0.1, 0.15) is 11.3 Å². The average molecular weight is 451 g/mol. The Hall–Kier alpha value is -2.69. The van der Waals surface area contributed by atoms with E-state index in [-0.39, 0.29) is 22.9 Å². The van der Waals surface area contributed by atoms with Gasteiger partial charge in [-0.1, -0.05) is 23.5 Å². The standard InChI is InChI=1S/C21H20F3N3O3S/c22-14-11-16(24)20-18(12-14)31-21(25-20)27(6-5-26-7-9-29-10-8-26)19(28)13-30-17-4-2-1-3-15(17)23/h1-4,11-12H,5-10,13H2. The Morgan fingerprint density at radius 3 is 2.71 bits per heavy atom. The van der Waals surface area contributed by atoms with E-state index >= 15 is 0 Å². The van der Waals surface area contributed by atoms with E-state index in [9.17, 15) is 18.0 Å². The zero-order valence-electron chi connectivity index (χ0n) is 16.5. The third-order valence-electron chi connectivity index (χ3n) is 4.87. The minimum atomic E-state index is -0.791. The van der Waals surface area contributed by atoms with Gasteiger partial charge < -0.3 is 9.47 Å². The van der Waals surface area contributed by atoms with Crippen molar-refractivity contribution < 1.29 is 27.4 Å². The predicted octanol–water partition coefficient (Wildman–Crippen LogP) is 3.46. The van der Waals surface area contributed by atoms with E-state index in [4.69, 9.17) is 9.47 Å². The fraction of sp³-hybridized carbons (Fsp3) is 0.333. The third-order valence-corrected chi connectivity index (χ3v) is 5.89. The van der Waals surface area contributed by atoms with E-state index < -0.39 is 30.0 Å². The van der Waals surface area contributed by atoms with Crippen molar-refractivity contribution in [3.63, 3.8) is 0 Å². The number of morpholine rings is 1. The van der Waals surface area contributed by atoms with Gasteiger partial charge >= 0.3 is 0 Å². The largest absolute Gasteiger partial charge is 0.481 e. The highest BCUT2D eigenvalue weighted by Gasteiger charge is 2.23. The minimum Gasteiger partial charge on any atom is -0.481 e. The second kappa shape index (κ2) is 9.63. The molecule has 0 unspecified atom stereocenters. The molecular weight excluding hydrogens is 431 g/mol. The van der Waals surface area contributed by atoms with Crippen molar-refractivity contribution in [2.45, 2.75) is 0 Å². The van der Waals surface area contributed by atoms with Crippen LogP contribution in [0.3, 0.4) is 0 Å². The smallest absolute Gasteiger partial charge is 0.266 e. The second-order valence-electron chi connectivity index (χ2n) is 6.95. The summed E-state index contributed by atoms with van der Waals surface area (Å²) >= 11 is 1.01. The number of anilines is 1. The molecule has 31 heavy (non-hydrogen) atoms. The molecule has 164 valence electrons. The normalized spacial score (nSPS) is 14.7. The topological polar surface area (TPSA) is 54.9 Å². The lowest BCUT2D eigenvalue weighted by atomic mass is 10.3. The van der Waals surface area contributed by atoms with Crippen molar-refractivity contribution in [1.82, 2.24) is 9.88 Å². The van der Waals surface area contributed by atoms with Crippen molar-refractivity contribution in [3.05, 3.63) is 53.8 Å². The first kappa shape index (κ1) is 21.5. The molecule has 0 bridgehead atoms. The van der Waals surface area contributed by atoms with Gasteiger partial charge in [0.2, 0.25) is 0 Å². The number of hydrogen-bond acceptors (Lipinski definition) is 6. The highest BCUT2D eigenvalue weighted by atomic mass is 32.1. The number of carbonyl (C=O) groups is 1. The van der Waals surface area contributed by atoms with Crippen molar-refractivity contribution in [2.75, 3.05) is 50.9 Å². The number of carbonyl (C=O) groups excluding carboxylic acids is 1. The van der Waals surface area contributed by atoms with Crippen LogP contribution in [0.25, 0.3) is 10.2 Å². The summed E-state index contributed by atoms with van der Waals surface area (Å²) in [7, 11) is 0. The highest BCUT2D eigenvalue weighted by molar-refractivity contribution is 7.22. The van der Waals surface area contributed by atoms with Crippen LogP contribution in [0.4, 0.5) is 18.3 Å². The van der Waals surface area contributed by atoms with Crippen LogP contribution in [0.5, 0.6) is 5.75 Å². The summed E-state index contributed by atoms with van der Waals surface area (Å²) in [6.07, 6.45) is 0. The molecular formula is C21H20F3N3O3S. The van der Waals surface area contributed by atoms with Gasteiger partial charge in [-0.3, -0.25) is 14.6 Å². The van der Waals surface area contributed by atoms with Gasteiger partial charge in [0.05, 0.1) is 17.9 Å². The van der Waals surface area contributed by atoms with Crippen LogP contribution < -0.4 is 9.64 Å². The number of hydrogen-bond donors (Lipinski definition) is 0. The molecule has 4 rings (SSSR count). The molecule has 0 aliphatic carbocycles. The number of nitrogens with zero attached hydrogens (tertiary/aromatic N) is 3. The Kier molecular flexibility index (Phi) is 6.69. The molecule has 0 saturated carbocycles. The Morgan fingerprint density at radius 2 is 1.94 bits per heavy atom. The lowest BCUT2D eigenvalue weighted by Gasteiger charge is -2.29. The summed E-state index contributed by atoms with van der Waals surface area (Å²) in [6.45, 7) is 3.06. The third kappa shape index (κ3) is 5.15. The zero-order valence-corrected chi connectivity index (χ0v) is 17.3. The minimum absolute atomic E-state index is 0.000551. The number of rotatable bonds is 7. The fourth-order valence-corrected chi connectivity index (χ4v) is 4.28. The van der Waals surface area contributed by atoms with Crippen molar-refractivity contribution in [1.29, 1.82) is 0 Å². The van der Waals surface area contributed by atoms with Crippen LogP contribution in [0.15, 0.2) is 36.4 Å². The van der Waals surface area contributed by atoms with Crippen molar-refractivity contribution >= 4 is 32.6 Å². The predicted molar refractivity (Wildman–Crippen MR) is 111 cm³/mol. The molecule has 0 spiro atoms. The first-order chi connectivity index (χ1) is 15.0. The lowest BCUT2D eigenvalue weighted by Crippen LogP contribution is -2.44. The molecule has 0 radical (unpaired) electrons. The molecule has 1 fully saturated rings.